The van der Waals surface area contributed by atoms with Gasteiger partial charge >= 0.3 is 0 Å². The molecule has 0 aliphatic carbocycles. The topological polar surface area (TPSA) is 56.9 Å². The summed E-state index contributed by atoms with van der Waals surface area (Å²) in [6, 6.07) is 4.21. The molecule has 5 nitrogen and oxygen atoms in total. The number of nitrogens with zero attached hydrogens (tertiary/aromatic N) is 2. The molecule has 0 saturated carbocycles. The summed E-state index contributed by atoms with van der Waals surface area (Å²) in [6.07, 6.45) is 6.02. The molecule has 3 heterocycles. The lowest BCUT2D eigenvalue weighted by Gasteiger charge is -2.47. The number of hydrogen-bond donors (Lipinski definition) is 1. The zero-order valence-corrected chi connectivity index (χ0v) is 14.8. The summed E-state index contributed by atoms with van der Waals surface area (Å²) in [4.78, 5) is 16.3. The second-order valence-corrected chi connectivity index (χ2v) is 7.43. The van der Waals surface area contributed by atoms with Crippen LogP contribution in [0.4, 0.5) is 0 Å². The predicted molar refractivity (Wildman–Crippen MR) is 92.5 cm³/mol. The normalized spacial score (nSPS) is 21.6. The first-order valence-electron chi connectivity index (χ1n) is 9.33. The Morgan fingerprint density at radius 3 is 2.67 bits per heavy atom. The van der Waals surface area contributed by atoms with Gasteiger partial charge in [-0.2, -0.15) is 0 Å². The minimum atomic E-state index is 0.0620. The first kappa shape index (κ1) is 17.5. The molecule has 0 unspecified atom stereocenters. The van der Waals surface area contributed by atoms with Gasteiger partial charge in [0.05, 0.1) is 13.2 Å². The van der Waals surface area contributed by atoms with Gasteiger partial charge in [-0.25, -0.2) is 0 Å². The summed E-state index contributed by atoms with van der Waals surface area (Å²) in [5.41, 5.74) is 0.260. The van der Waals surface area contributed by atoms with E-state index in [0.717, 1.165) is 69.8 Å². The summed E-state index contributed by atoms with van der Waals surface area (Å²) in [6.45, 7) is 6.54. The highest BCUT2D eigenvalue weighted by atomic mass is 16.3. The van der Waals surface area contributed by atoms with E-state index < -0.39 is 0 Å². The molecule has 2 aliphatic heterocycles. The standard InChI is InChI=1S/C19H30N2O3/c1-2-3-16-4-5-17(24-16)14-20-10-8-19(9-11-20)7-6-18(23)21(15-19)12-13-22/h4-5,22H,2-3,6-15H2,1H3. The summed E-state index contributed by atoms with van der Waals surface area (Å²) < 4.78 is 5.90. The van der Waals surface area contributed by atoms with Gasteiger partial charge in [0.15, 0.2) is 0 Å². The Morgan fingerprint density at radius 1 is 1.21 bits per heavy atom. The van der Waals surface area contributed by atoms with Crippen LogP contribution in [0, 0.1) is 5.41 Å². The molecule has 1 aromatic heterocycles. The van der Waals surface area contributed by atoms with Crippen molar-refractivity contribution in [2.45, 2.75) is 52.0 Å². The minimum absolute atomic E-state index is 0.0620. The Bertz CT molecular complexity index is 547. The van der Waals surface area contributed by atoms with Crippen LogP contribution < -0.4 is 0 Å². The third kappa shape index (κ3) is 4.01. The summed E-state index contributed by atoms with van der Waals surface area (Å²) in [7, 11) is 0. The second kappa shape index (κ2) is 7.70. The molecule has 3 rings (SSSR count). The van der Waals surface area contributed by atoms with Crippen molar-refractivity contribution in [2.75, 3.05) is 32.8 Å². The van der Waals surface area contributed by atoms with Crippen LogP contribution in [-0.4, -0.2) is 53.6 Å². The van der Waals surface area contributed by atoms with Crippen LogP contribution in [0.25, 0.3) is 0 Å². The van der Waals surface area contributed by atoms with Crippen LogP contribution in [0.15, 0.2) is 16.5 Å². The number of likely N-dealkylation sites (tertiary alicyclic amines) is 2. The molecule has 0 bridgehead atoms. The average Bonchev–Trinajstić information content (AvgIpc) is 3.01. The SMILES string of the molecule is CCCc1ccc(CN2CCC3(CCC(=O)N(CCO)C3)CC2)o1. The number of carbonyl (C=O) groups is 1. The third-order valence-electron chi connectivity index (χ3n) is 5.63. The number of carbonyl (C=O) groups excluding carboxylic acids is 1. The molecule has 2 aliphatic rings. The van der Waals surface area contributed by atoms with Crippen LogP contribution in [0.1, 0.15) is 50.5 Å². The number of aryl methyl sites for hydroxylation is 1. The van der Waals surface area contributed by atoms with E-state index in [4.69, 9.17) is 9.52 Å². The Balaban J connectivity index is 1.52. The third-order valence-corrected chi connectivity index (χ3v) is 5.63. The molecule has 1 aromatic rings. The van der Waals surface area contributed by atoms with Gasteiger partial charge in [-0.3, -0.25) is 9.69 Å². The van der Waals surface area contributed by atoms with Gasteiger partial charge in [-0.1, -0.05) is 6.92 Å². The Kier molecular flexibility index (Phi) is 5.61. The monoisotopic (exact) mass is 334 g/mol. The zero-order chi connectivity index (χ0) is 17.0. The molecule has 1 spiro atoms. The van der Waals surface area contributed by atoms with E-state index >= 15 is 0 Å². The highest BCUT2D eigenvalue weighted by Crippen LogP contribution is 2.40. The van der Waals surface area contributed by atoms with Gasteiger partial charge in [0.1, 0.15) is 11.5 Å². The van der Waals surface area contributed by atoms with Crippen molar-refractivity contribution in [2.24, 2.45) is 5.41 Å². The van der Waals surface area contributed by atoms with E-state index in [2.05, 4.69) is 24.0 Å². The maximum Gasteiger partial charge on any atom is 0.222 e. The van der Waals surface area contributed by atoms with Crippen LogP contribution in [0.5, 0.6) is 0 Å². The van der Waals surface area contributed by atoms with Gasteiger partial charge in [-0.05, 0) is 56.3 Å². The van der Waals surface area contributed by atoms with Crippen LogP contribution in [-0.2, 0) is 17.8 Å². The van der Waals surface area contributed by atoms with Crippen molar-refractivity contribution in [1.82, 2.24) is 9.80 Å². The highest BCUT2D eigenvalue weighted by molar-refractivity contribution is 5.77. The lowest BCUT2D eigenvalue weighted by molar-refractivity contribution is -0.139. The van der Waals surface area contributed by atoms with E-state index in [0.29, 0.717) is 13.0 Å². The van der Waals surface area contributed by atoms with Crippen molar-refractivity contribution < 1.29 is 14.3 Å². The van der Waals surface area contributed by atoms with E-state index in [1.54, 1.807) is 0 Å². The summed E-state index contributed by atoms with van der Waals surface area (Å²) in [5.74, 6) is 2.36. The van der Waals surface area contributed by atoms with Gasteiger partial charge in [0.2, 0.25) is 5.91 Å². The fraction of sp³-hybridized carbons (Fsp3) is 0.737. The van der Waals surface area contributed by atoms with Crippen molar-refractivity contribution in [3.63, 3.8) is 0 Å². The number of rotatable bonds is 6. The lowest BCUT2D eigenvalue weighted by Crippen LogP contribution is -2.51. The molecule has 24 heavy (non-hydrogen) atoms. The van der Waals surface area contributed by atoms with Gasteiger partial charge in [0, 0.05) is 25.9 Å². The average molecular weight is 334 g/mol. The largest absolute Gasteiger partial charge is 0.465 e. The zero-order valence-electron chi connectivity index (χ0n) is 14.8. The fourth-order valence-electron chi connectivity index (χ4n) is 4.13. The number of amides is 1. The molecule has 5 heteroatoms. The number of β-amino-alcohol motifs (C(OH)–C–C–N with tert-alkyl or cyclic N) is 1. The molecule has 1 amide bonds. The number of piperidine rings is 2. The van der Waals surface area contributed by atoms with Gasteiger partial charge < -0.3 is 14.4 Å². The molecule has 0 radical (unpaired) electrons. The van der Waals surface area contributed by atoms with Crippen LogP contribution in [0.3, 0.4) is 0 Å². The van der Waals surface area contributed by atoms with Crippen molar-refractivity contribution in [3.8, 4) is 0 Å². The molecule has 1 N–H and O–H groups in total. The van der Waals surface area contributed by atoms with Crippen LogP contribution in [0.2, 0.25) is 0 Å². The Morgan fingerprint density at radius 2 is 1.96 bits per heavy atom. The Labute approximate surface area is 144 Å². The van der Waals surface area contributed by atoms with E-state index in [1.807, 2.05) is 4.90 Å². The predicted octanol–water partition coefficient (Wildman–Crippen LogP) is 2.43. The maximum atomic E-state index is 12.0. The van der Waals surface area contributed by atoms with Gasteiger partial charge in [-0.15, -0.1) is 0 Å². The first-order valence-corrected chi connectivity index (χ1v) is 9.33. The van der Waals surface area contributed by atoms with Crippen molar-refractivity contribution in [3.05, 3.63) is 23.7 Å². The molecule has 0 atom stereocenters. The molecule has 2 fully saturated rings. The van der Waals surface area contributed by atoms with Crippen molar-refractivity contribution >= 4 is 5.91 Å². The maximum absolute atomic E-state index is 12.0. The molecule has 134 valence electrons. The quantitative estimate of drug-likeness (QED) is 0.868. The van der Waals surface area contributed by atoms with Crippen LogP contribution >= 0.6 is 0 Å². The number of aliphatic hydroxyl groups excluding tert-OH is 1. The summed E-state index contributed by atoms with van der Waals surface area (Å²) in [5, 5.41) is 9.16. The van der Waals surface area contributed by atoms with Crippen molar-refractivity contribution in [1.29, 1.82) is 0 Å². The van der Waals surface area contributed by atoms with E-state index in [9.17, 15) is 4.79 Å². The number of hydrogen-bond acceptors (Lipinski definition) is 4. The first-order chi connectivity index (χ1) is 11.6. The minimum Gasteiger partial charge on any atom is -0.465 e. The Hall–Kier alpha value is -1.33. The molecular formula is C19H30N2O3. The lowest BCUT2D eigenvalue weighted by atomic mass is 9.72. The molecular weight excluding hydrogens is 304 g/mol. The number of furan rings is 1. The second-order valence-electron chi connectivity index (χ2n) is 7.43. The molecule has 2 saturated heterocycles. The fourth-order valence-corrected chi connectivity index (χ4v) is 4.13. The van der Waals surface area contributed by atoms with E-state index in [-0.39, 0.29) is 17.9 Å². The highest BCUT2D eigenvalue weighted by Gasteiger charge is 2.40. The summed E-state index contributed by atoms with van der Waals surface area (Å²) >= 11 is 0. The van der Waals surface area contributed by atoms with Gasteiger partial charge in [0.25, 0.3) is 0 Å². The molecule has 0 aromatic carbocycles. The number of aliphatic hydroxyl groups is 1. The van der Waals surface area contributed by atoms with E-state index in [1.165, 1.54) is 0 Å². The smallest absolute Gasteiger partial charge is 0.222 e.